The van der Waals surface area contributed by atoms with E-state index in [0.717, 1.165) is 5.56 Å². The first-order chi connectivity index (χ1) is 12.7. The molecule has 0 spiro atoms. The quantitative estimate of drug-likeness (QED) is 0.584. The molecule has 1 aliphatic rings. The zero-order chi connectivity index (χ0) is 18.5. The number of ketones is 1. The normalized spacial score (nSPS) is 12.7. The Labute approximate surface area is 151 Å². The lowest BCUT2D eigenvalue weighted by molar-refractivity contribution is 0.104. The fourth-order valence-electron chi connectivity index (χ4n) is 2.66. The molecule has 6 nitrogen and oxygen atoms in total. The molecular weight excluding hydrogens is 336 g/mol. The summed E-state index contributed by atoms with van der Waals surface area (Å²) in [6, 6.07) is 8.70. The van der Waals surface area contributed by atoms with E-state index in [2.05, 4.69) is 0 Å². The van der Waals surface area contributed by atoms with Gasteiger partial charge in [0.25, 0.3) is 0 Å². The van der Waals surface area contributed by atoms with Crippen LogP contribution in [0.2, 0.25) is 0 Å². The molecule has 3 rings (SSSR count). The lowest BCUT2D eigenvalue weighted by Crippen LogP contribution is -2.15. The second-order valence-corrected chi connectivity index (χ2v) is 5.51. The van der Waals surface area contributed by atoms with Crippen LogP contribution in [0.3, 0.4) is 0 Å². The minimum atomic E-state index is -0.143. The third kappa shape index (κ3) is 3.59. The van der Waals surface area contributed by atoms with Crippen LogP contribution in [-0.4, -0.2) is 40.3 Å². The summed E-state index contributed by atoms with van der Waals surface area (Å²) in [6.45, 7) is 0.993. The molecule has 0 bridgehead atoms. The predicted molar refractivity (Wildman–Crippen MR) is 96.9 cm³/mol. The molecule has 0 fully saturated rings. The Morgan fingerprint density at radius 3 is 2.19 bits per heavy atom. The highest BCUT2D eigenvalue weighted by Gasteiger charge is 2.15. The number of hydrogen-bond donors (Lipinski definition) is 0. The van der Waals surface area contributed by atoms with E-state index in [0.29, 0.717) is 47.5 Å². The molecule has 0 N–H and O–H groups in total. The molecule has 0 saturated heterocycles. The molecule has 1 aliphatic heterocycles. The standard InChI is InChI=1S/C20H20O6/c1-22-18-10-13(11-19(23-2)20(18)24-3)4-6-15(21)14-5-7-16-17(12-14)26-9-8-25-16/h4-7,10-12H,8-9H2,1-3H3/b6-4+. The minimum absolute atomic E-state index is 0.143. The van der Waals surface area contributed by atoms with E-state index in [1.807, 2.05) is 0 Å². The van der Waals surface area contributed by atoms with Crippen molar-refractivity contribution in [2.45, 2.75) is 0 Å². The lowest BCUT2D eigenvalue weighted by Gasteiger charge is -2.18. The van der Waals surface area contributed by atoms with Crippen LogP contribution in [0, 0.1) is 0 Å². The largest absolute Gasteiger partial charge is 0.493 e. The monoisotopic (exact) mass is 356 g/mol. The summed E-state index contributed by atoms with van der Waals surface area (Å²) >= 11 is 0. The maximum absolute atomic E-state index is 12.5. The van der Waals surface area contributed by atoms with Gasteiger partial charge in [0.15, 0.2) is 28.8 Å². The lowest BCUT2D eigenvalue weighted by atomic mass is 10.1. The third-order valence-corrected chi connectivity index (χ3v) is 3.94. The Bertz CT molecular complexity index is 815. The number of fused-ring (bicyclic) bond motifs is 1. The number of ether oxygens (including phenoxy) is 5. The highest BCUT2D eigenvalue weighted by Crippen LogP contribution is 2.38. The molecule has 6 heteroatoms. The van der Waals surface area contributed by atoms with Crippen molar-refractivity contribution in [3.05, 3.63) is 47.5 Å². The predicted octanol–water partition coefficient (Wildman–Crippen LogP) is 3.38. The van der Waals surface area contributed by atoms with Crippen molar-refractivity contribution in [2.75, 3.05) is 34.5 Å². The Balaban J connectivity index is 1.84. The van der Waals surface area contributed by atoms with Gasteiger partial charge in [0.2, 0.25) is 5.75 Å². The van der Waals surface area contributed by atoms with Crippen molar-refractivity contribution in [1.29, 1.82) is 0 Å². The molecular formula is C20H20O6. The summed E-state index contributed by atoms with van der Waals surface area (Å²) in [5.74, 6) is 2.65. The van der Waals surface area contributed by atoms with Crippen molar-refractivity contribution in [3.63, 3.8) is 0 Å². The number of allylic oxidation sites excluding steroid dienone is 1. The average molecular weight is 356 g/mol. The Morgan fingerprint density at radius 1 is 0.923 bits per heavy atom. The van der Waals surface area contributed by atoms with Gasteiger partial charge in [0, 0.05) is 5.56 Å². The summed E-state index contributed by atoms with van der Waals surface area (Å²) < 4.78 is 26.9. The van der Waals surface area contributed by atoms with Gasteiger partial charge in [-0.3, -0.25) is 4.79 Å². The van der Waals surface area contributed by atoms with Crippen molar-refractivity contribution in [1.82, 2.24) is 0 Å². The molecule has 2 aromatic carbocycles. The van der Waals surface area contributed by atoms with Gasteiger partial charge >= 0.3 is 0 Å². The first kappa shape index (κ1) is 17.7. The van der Waals surface area contributed by atoms with E-state index in [9.17, 15) is 4.79 Å². The van der Waals surface area contributed by atoms with E-state index < -0.39 is 0 Å². The van der Waals surface area contributed by atoms with Gasteiger partial charge in [0.1, 0.15) is 13.2 Å². The Hall–Kier alpha value is -3.15. The van der Waals surface area contributed by atoms with Crippen molar-refractivity contribution >= 4 is 11.9 Å². The molecule has 0 aromatic heterocycles. The summed E-state index contributed by atoms with van der Waals surface area (Å²) in [5.41, 5.74) is 1.28. The molecule has 0 saturated carbocycles. The highest BCUT2D eigenvalue weighted by molar-refractivity contribution is 6.07. The molecule has 0 unspecified atom stereocenters. The van der Waals surface area contributed by atoms with Gasteiger partial charge in [-0.25, -0.2) is 0 Å². The summed E-state index contributed by atoms with van der Waals surface area (Å²) in [7, 11) is 4.64. The number of benzene rings is 2. The van der Waals surface area contributed by atoms with Crippen molar-refractivity contribution in [3.8, 4) is 28.7 Å². The van der Waals surface area contributed by atoms with Gasteiger partial charge < -0.3 is 23.7 Å². The van der Waals surface area contributed by atoms with Gasteiger partial charge in [0.05, 0.1) is 21.3 Å². The second-order valence-electron chi connectivity index (χ2n) is 5.51. The van der Waals surface area contributed by atoms with E-state index >= 15 is 0 Å². The summed E-state index contributed by atoms with van der Waals surface area (Å²) in [5, 5.41) is 0. The zero-order valence-corrected chi connectivity index (χ0v) is 14.9. The third-order valence-electron chi connectivity index (χ3n) is 3.94. The second kappa shape index (κ2) is 7.82. The zero-order valence-electron chi connectivity index (χ0n) is 14.9. The van der Waals surface area contributed by atoms with Gasteiger partial charge in [-0.15, -0.1) is 0 Å². The topological polar surface area (TPSA) is 63.2 Å². The average Bonchev–Trinajstić information content (AvgIpc) is 2.70. The SMILES string of the molecule is COc1cc(/C=C/C(=O)c2ccc3c(c2)OCCO3)cc(OC)c1OC. The van der Waals surface area contributed by atoms with E-state index in [1.165, 1.54) is 6.08 Å². The fraction of sp³-hybridized carbons (Fsp3) is 0.250. The first-order valence-electron chi connectivity index (χ1n) is 8.08. The summed E-state index contributed by atoms with van der Waals surface area (Å²) in [4.78, 5) is 12.5. The highest BCUT2D eigenvalue weighted by atomic mass is 16.6. The molecule has 0 atom stereocenters. The molecule has 0 aliphatic carbocycles. The first-order valence-corrected chi connectivity index (χ1v) is 8.08. The number of carbonyl (C=O) groups is 1. The molecule has 26 heavy (non-hydrogen) atoms. The maximum Gasteiger partial charge on any atom is 0.203 e. The molecule has 0 amide bonds. The van der Waals surface area contributed by atoms with Crippen LogP contribution in [0.15, 0.2) is 36.4 Å². The van der Waals surface area contributed by atoms with Crippen LogP contribution in [0.1, 0.15) is 15.9 Å². The Kier molecular flexibility index (Phi) is 5.31. The number of rotatable bonds is 6. The van der Waals surface area contributed by atoms with Crippen LogP contribution < -0.4 is 23.7 Å². The number of carbonyl (C=O) groups excluding carboxylic acids is 1. The van der Waals surface area contributed by atoms with Crippen LogP contribution in [0.4, 0.5) is 0 Å². The minimum Gasteiger partial charge on any atom is -0.493 e. The van der Waals surface area contributed by atoms with Crippen LogP contribution in [0.25, 0.3) is 6.08 Å². The van der Waals surface area contributed by atoms with Gasteiger partial charge in [-0.1, -0.05) is 6.08 Å². The Morgan fingerprint density at radius 2 is 1.58 bits per heavy atom. The van der Waals surface area contributed by atoms with Gasteiger partial charge in [-0.05, 0) is 42.0 Å². The molecule has 2 aromatic rings. The number of methoxy groups -OCH3 is 3. The molecule has 0 radical (unpaired) electrons. The molecule has 136 valence electrons. The maximum atomic E-state index is 12.5. The smallest absolute Gasteiger partial charge is 0.203 e. The van der Waals surface area contributed by atoms with E-state index in [4.69, 9.17) is 23.7 Å². The molecule has 1 heterocycles. The van der Waals surface area contributed by atoms with Crippen molar-refractivity contribution < 1.29 is 28.5 Å². The fourth-order valence-corrected chi connectivity index (χ4v) is 2.66. The van der Waals surface area contributed by atoms with Crippen molar-refractivity contribution in [2.24, 2.45) is 0 Å². The summed E-state index contributed by atoms with van der Waals surface area (Å²) in [6.07, 6.45) is 3.19. The number of hydrogen-bond acceptors (Lipinski definition) is 6. The van der Waals surface area contributed by atoms with Gasteiger partial charge in [-0.2, -0.15) is 0 Å². The van der Waals surface area contributed by atoms with Crippen LogP contribution in [0.5, 0.6) is 28.7 Å². The van der Waals surface area contributed by atoms with Crippen LogP contribution >= 0.6 is 0 Å². The van der Waals surface area contributed by atoms with Crippen LogP contribution in [-0.2, 0) is 0 Å². The van der Waals surface area contributed by atoms with E-state index in [1.54, 1.807) is 57.7 Å². The van der Waals surface area contributed by atoms with E-state index in [-0.39, 0.29) is 5.78 Å².